The maximum absolute atomic E-state index is 12.6. The molecule has 3 aliphatic carbocycles. The molecule has 0 aromatic heterocycles. The quantitative estimate of drug-likeness (QED) is 0.280. The normalized spacial score (nSPS) is 36.8. The lowest BCUT2D eigenvalue weighted by Crippen LogP contribution is -2.49. The summed E-state index contributed by atoms with van der Waals surface area (Å²) in [6, 6.07) is 0. The topological polar surface area (TPSA) is 94.8 Å². The SMILES string of the molecule is C=C(CCC(C(=O)O)C1C(O)CC2(C)C3=C(CCC12C)C(C)(CCC(=O)O)C(C(=C)C)CC3)C(C)C. The summed E-state index contributed by atoms with van der Waals surface area (Å²) in [5.41, 5.74) is 3.97. The van der Waals surface area contributed by atoms with Crippen LogP contribution in [0.15, 0.2) is 35.5 Å². The highest BCUT2D eigenvalue weighted by Gasteiger charge is 2.65. The number of aliphatic hydroxyl groups excluding tert-OH is 1. The van der Waals surface area contributed by atoms with Crippen molar-refractivity contribution in [1.29, 1.82) is 0 Å². The van der Waals surface area contributed by atoms with Crippen molar-refractivity contribution in [3.63, 3.8) is 0 Å². The molecular weight excluding hydrogens is 452 g/mol. The Morgan fingerprint density at radius 3 is 2.22 bits per heavy atom. The summed E-state index contributed by atoms with van der Waals surface area (Å²) in [4.78, 5) is 24.1. The third-order valence-electron chi connectivity index (χ3n) is 10.9. The summed E-state index contributed by atoms with van der Waals surface area (Å²) in [7, 11) is 0. The van der Waals surface area contributed by atoms with Gasteiger partial charge in [-0.15, -0.1) is 0 Å². The van der Waals surface area contributed by atoms with Crippen molar-refractivity contribution in [2.45, 2.75) is 105 Å². The molecule has 3 aliphatic rings. The van der Waals surface area contributed by atoms with Gasteiger partial charge in [0.05, 0.1) is 12.0 Å². The molecule has 0 heterocycles. The zero-order valence-corrected chi connectivity index (χ0v) is 23.3. The number of carboxylic acid groups (broad SMARTS) is 2. The van der Waals surface area contributed by atoms with E-state index in [-0.39, 0.29) is 34.5 Å². The average molecular weight is 501 g/mol. The Hall–Kier alpha value is -1.88. The number of allylic oxidation sites excluding steroid dienone is 4. The van der Waals surface area contributed by atoms with E-state index >= 15 is 0 Å². The molecule has 1 saturated carbocycles. The molecule has 0 amide bonds. The Morgan fingerprint density at radius 2 is 1.69 bits per heavy atom. The van der Waals surface area contributed by atoms with Gasteiger partial charge in [0.1, 0.15) is 0 Å². The molecule has 0 aromatic carbocycles. The van der Waals surface area contributed by atoms with Crippen LogP contribution in [0.1, 0.15) is 99.3 Å². The first-order chi connectivity index (χ1) is 16.6. The van der Waals surface area contributed by atoms with E-state index < -0.39 is 24.0 Å². The number of carbonyl (C=O) groups is 2. The number of rotatable bonds is 10. The van der Waals surface area contributed by atoms with Crippen molar-refractivity contribution < 1.29 is 24.9 Å². The predicted octanol–water partition coefficient (Wildman–Crippen LogP) is 7.02. The largest absolute Gasteiger partial charge is 0.481 e. The monoisotopic (exact) mass is 500 g/mol. The van der Waals surface area contributed by atoms with Crippen LogP contribution in [-0.4, -0.2) is 33.4 Å². The zero-order chi connectivity index (χ0) is 27.2. The van der Waals surface area contributed by atoms with Gasteiger partial charge in [-0.1, -0.05) is 70.1 Å². The van der Waals surface area contributed by atoms with Gasteiger partial charge in [-0.05, 0) is 86.4 Å². The maximum atomic E-state index is 12.6. The number of aliphatic carboxylic acids is 2. The Morgan fingerprint density at radius 1 is 1.06 bits per heavy atom. The fourth-order valence-corrected chi connectivity index (χ4v) is 8.50. The molecule has 202 valence electrons. The third kappa shape index (κ3) is 4.61. The van der Waals surface area contributed by atoms with Gasteiger partial charge in [-0.3, -0.25) is 9.59 Å². The summed E-state index contributed by atoms with van der Waals surface area (Å²) >= 11 is 0. The molecule has 3 rings (SSSR count). The minimum Gasteiger partial charge on any atom is -0.481 e. The smallest absolute Gasteiger partial charge is 0.306 e. The predicted molar refractivity (Wildman–Crippen MR) is 143 cm³/mol. The second-order valence-electron chi connectivity index (χ2n) is 13.0. The number of hydrogen-bond acceptors (Lipinski definition) is 3. The number of hydrogen-bond donors (Lipinski definition) is 3. The summed E-state index contributed by atoms with van der Waals surface area (Å²) < 4.78 is 0. The van der Waals surface area contributed by atoms with Crippen LogP contribution in [0.2, 0.25) is 0 Å². The van der Waals surface area contributed by atoms with Crippen molar-refractivity contribution in [2.75, 3.05) is 0 Å². The van der Waals surface area contributed by atoms with Gasteiger partial charge in [0.15, 0.2) is 0 Å². The van der Waals surface area contributed by atoms with Crippen molar-refractivity contribution in [3.8, 4) is 0 Å². The molecule has 36 heavy (non-hydrogen) atoms. The maximum Gasteiger partial charge on any atom is 0.306 e. The molecule has 0 bridgehead atoms. The molecule has 0 radical (unpaired) electrons. The highest BCUT2D eigenvalue weighted by molar-refractivity contribution is 5.71. The van der Waals surface area contributed by atoms with Crippen LogP contribution in [0.3, 0.4) is 0 Å². The van der Waals surface area contributed by atoms with E-state index in [1.54, 1.807) is 0 Å². The summed E-state index contributed by atoms with van der Waals surface area (Å²) in [6.07, 6.45) is 5.21. The van der Waals surface area contributed by atoms with Crippen LogP contribution in [0.25, 0.3) is 0 Å². The molecule has 7 unspecified atom stereocenters. The number of aliphatic hydroxyl groups is 1. The highest BCUT2D eigenvalue weighted by atomic mass is 16.4. The molecule has 0 spiro atoms. The Labute approximate surface area is 217 Å². The molecule has 5 heteroatoms. The van der Waals surface area contributed by atoms with Gasteiger partial charge in [0, 0.05) is 12.3 Å². The van der Waals surface area contributed by atoms with Crippen LogP contribution in [0.4, 0.5) is 0 Å². The average Bonchev–Trinajstić information content (AvgIpc) is 2.98. The van der Waals surface area contributed by atoms with Gasteiger partial charge < -0.3 is 15.3 Å². The fourth-order valence-electron chi connectivity index (χ4n) is 8.50. The summed E-state index contributed by atoms with van der Waals surface area (Å²) in [5, 5.41) is 31.3. The minimum atomic E-state index is -0.821. The van der Waals surface area contributed by atoms with E-state index in [2.05, 4.69) is 54.7 Å². The lowest BCUT2D eigenvalue weighted by molar-refractivity contribution is -0.148. The van der Waals surface area contributed by atoms with Crippen molar-refractivity contribution in [3.05, 3.63) is 35.5 Å². The van der Waals surface area contributed by atoms with Gasteiger partial charge in [-0.2, -0.15) is 0 Å². The Balaban J connectivity index is 2.05. The lowest BCUT2D eigenvalue weighted by atomic mass is 9.47. The van der Waals surface area contributed by atoms with E-state index in [1.165, 1.54) is 11.1 Å². The molecule has 1 fully saturated rings. The van der Waals surface area contributed by atoms with Crippen molar-refractivity contribution in [1.82, 2.24) is 0 Å². The first-order valence-electron chi connectivity index (χ1n) is 13.8. The van der Waals surface area contributed by atoms with Gasteiger partial charge >= 0.3 is 11.9 Å². The molecule has 7 atom stereocenters. The first kappa shape index (κ1) is 28.7. The highest BCUT2D eigenvalue weighted by Crippen LogP contribution is 2.71. The van der Waals surface area contributed by atoms with E-state index in [0.717, 1.165) is 36.8 Å². The molecule has 3 N–H and O–H groups in total. The Kier molecular flexibility index (Phi) is 8.06. The van der Waals surface area contributed by atoms with E-state index in [4.69, 9.17) is 0 Å². The van der Waals surface area contributed by atoms with Crippen LogP contribution < -0.4 is 0 Å². The van der Waals surface area contributed by atoms with E-state index in [1.807, 2.05) is 0 Å². The summed E-state index contributed by atoms with van der Waals surface area (Å²) in [6.45, 7) is 21.3. The van der Waals surface area contributed by atoms with E-state index in [0.29, 0.717) is 31.6 Å². The van der Waals surface area contributed by atoms with Crippen molar-refractivity contribution >= 4 is 11.9 Å². The third-order valence-corrected chi connectivity index (χ3v) is 10.9. The lowest BCUT2D eigenvalue weighted by Gasteiger charge is -2.57. The molecular formula is C31H48O5. The van der Waals surface area contributed by atoms with Gasteiger partial charge in [-0.25, -0.2) is 0 Å². The standard InChI is InChI=1S/C31H48O5/c1-18(2)20(5)9-10-21(28(35)36)27-25(32)17-31(8)24-12-11-22(19(3)4)29(6,15-14-26(33)34)23(24)13-16-30(27,31)7/h18,21-22,25,27,32H,3,5,9-17H2,1-2,4,6-8H3,(H,33,34)(H,35,36). The molecule has 0 aromatic rings. The molecule has 0 aliphatic heterocycles. The van der Waals surface area contributed by atoms with Crippen LogP contribution in [-0.2, 0) is 9.59 Å². The number of fused-ring (bicyclic) bond motifs is 2. The fraction of sp³-hybridized carbons (Fsp3) is 0.742. The van der Waals surface area contributed by atoms with Gasteiger partial charge in [0.25, 0.3) is 0 Å². The Bertz CT molecular complexity index is 960. The van der Waals surface area contributed by atoms with Gasteiger partial charge in [0.2, 0.25) is 0 Å². The van der Waals surface area contributed by atoms with Crippen LogP contribution in [0, 0.1) is 39.9 Å². The molecule has 5 nitrogen and oxygen atoms in total. The van der Waals surface area contributed by atoms with Crippen molar-refractivity contribution in [2.24, 2.45) is 39.9 Å². The second kappa shape index (κ2) is 10.1. The first-order valence-corrected chi connectivity index (χ1v) is 13.8. The number of carboxylic acids is 2. The minimum absolute atomic E-state index is 0.122. The van der Waals surface area contributed by atoms with Crippen LogP contribution in [0.5, 0.6) is 0 Å². The second-order valence-corrected chi connectivity index (χ2v) is 13.0. The van der Waals surface area contributed by atoms with E-state index in [9.17, 15) is 24.9 Å². The summed E-state index contributed by atoms with van der Waals surface area (Å²) in [5.74, 6) is -1.99. The van der Waals surface area contributed by atoms with Crippen LogP contribution >= 0.6 is 0 Å². The zero-order valence-electron chi connectivity index (χ0n) is 23.3. The molecule has 0 saturated heterocycles.